The molecular formula is C37H39N5O6. The molecule has 0 spiro atoms. The first-order valence-electron chi connectivity index (χ1n) is 16.1. The molecule has 1 aliphatic rings. The van der Waals surface area contributed by atoms with Crippen LogP contribution in [0.3, 0.4) is 0 Å². The monoisotopic (exact) mass is 649 g/mol. The number of rotatable bonds is 10. The number of carbonyl (C=O) groups excluding carboxylic acids is 2. The molecule has 4 N–H and O–H groups in total. The van der Waals surface area contributed by atoms with E-state index in [2.05, 4.69) is 14.4 Å². The van der Waals surface area contributed by atoms with Crippen molar-refractivity contribution < 1.29 is 29.3 Å². The fourth-order valence-electron chi connectivity index (χ4n) is 6.12. The van der Waals surface area contributed by atoms with Gasteiger partial charge in [-0.15, -0.1) is 0 Å². The second kappa shape index (κ2) is 14.1. The van der Waals surface area contributed by atoms with E-state index in [1.807, 2.05) is 36.4 Å². The Morgan fingerprint density at radius 3 is 2.06 bits per heavy atom. The van der Waals surface area contributed by atoms with Gasteiger partial charge in [0.15, 0.2) is 0 Å². The van der Waals surface area contributed by atoms with Crippen molar-refractivity contribution in [3.05, 3.63) is 90.0 Å². The molecular weight excluding hydrogens is 610 g/mol. The highest BCUT2D eigenvalue weighted by Gasteiger charge is 2.22. The molecule has 1 aliphatic heterocycles. The van der Waals surface area contributed by atoms with Gasteiger partial charge in [0.05, 0.1) is 46.7 Å². The van der Waals surface area contributed by atoms with E-state index in [1.165, 1.54) is 6.07 Å². The number of imidazole rings is 1. The van der Waals surface area contributed by atoms with Crippen molar-refractivity contribution in [3.8, 4) is 34.0 Å². The molecule has 0 unspecified atom stereocenters. The number of fused-ring (bicyclic) bond motifs is 1. The van der Waals surface area contributed by atoms with Crippen LogP contribution in [0.1, 0.15) is 34.6 Å². The number of carbonyl (C=O) groups is 2. The maximum atomic E-state index is 12.5. The lowest BCUT2D eigenvalue weighted by molar-refractivity contribution is 0.0517. The third-order valence-electron chi connectivity index (χ3n) is 8.59. The molecule has 0 bridgehead atoms. The Morgan fingerprint density at radius 2 is 1.42 bits per heavy atom. The first kappa shape index (κ1) is 32.4. The number of nitrogens with two attached hydrogens (primary N) is 1. The van der Waals surface area contributed by atoms with E-state index >= 15 is 0 Å². The highest BCUT2D eigenvalue weighted by molar-refractivity contribution is 5.94. The van der Waals surface area contributed by atoms with Crippen LogP contribution in [-0.4, -0.2) is 82.5 Å². The van der Waals surface area contributed by atoms with Crippen LogP contribution in [0.5, 0.6) is 11.5 Å². The molecule has 0 amide bonds. The largest absolute Gasteiger partial charge is 0.508 e. The zero-order valence-corrected chi connectivity index (χ0v) is 27.1. The fraction of sp³-hybridized carbons (Fsp3) is 0.270. The number of piperazine rings is 1. The first-order chi connectivity index (χ1) is 23.2. The zero-order chi connectivity index (χ0) is 33.8. The van der Waals surface area contributed by atoms with Gasteiger partial charge in [-0.3, -0.25) is 4.90 Å². The topological polar surface area (TPSA) is 143 Å². The normalized spacial score (nSPS) is 13.5. The van der Waals surface area contributed by atoms with Gasteiger partial charge in [0.25, 0.3) is 0 Å². The summed E-state index contributed by atoms with van der Waals surface area (Å²) in [5.74, 6) is -0.00295. The maximum Gasteiger partial charge on any atom is 0.338 e. The van der Waals surface area contributed by atoms with E-state index in [0.717, 1.165) is 60.9 Å². The lowest BCUT2D eigenvalue weighted by atomic mass is 10.0. The highest BCUT2D eigenvalue weighted by Crippen LogP contribution is 2.34. The van der Waals surface area contributed by atoms with Crippen LogP contribution < -0.4 is 10.6 Å². The molecule has 0 saturated carbocycles. The number of anilines is 2. The predicted octanol–water partition coefficient (Wildman–Crippen LogP) is 5.54. The Labute approximate surface area is 278 Å². The molecule has 5 aromatic rings. The van der Waals surface area contributed by atoms with Gasteiger partial charge in [-0.25, -0.2) is 14.6 Å². The van der Waals surface area contributed by atoms with Crippen molar-refractivity contribution in [1.29, 1.82) is 0 Å². The molecule has 6 rings (SSSR count). The van der Waals surface area contributed by atoms with Crippen LogP contribution in [0, 0.1) is 0 Å². The Hall–Kier alpha value is -5.55. The fourth-order valence-corrected chi connectivity index (χ4v) is 6.12. The van der Waals surface area contributed by atoms with Gasteiger partial charge in [0, 0.05) is 56.5 Å². The number of benzene rings is 4. The minimum Gasteiger partial charge on any atom is -0.508 e. The molecule has 1 aromatic heterocycles. The number of phenols is 2. The summed E-state index contributed by atoms with van der Waals surface area (Å²) in [5.41, 5.74) is 12.6. The SMILES string of the molecule is CCOC(=O)c1ccc(N2CCN(CCn3c(-c4ccc(-c5ccc(O)cc5O)cc4)nc4cc(C(=O)OCC)ccc43)CC2)c(N)c1. The number of aromatic nitrogens is 2. The van der Waals surface area contributed by atoms with Crippen molar-refractivity contribution in [2.45, 2.75) is 20.4 Å². The van der Waals surface area contributed by atoms with E-state index in [0.29, 0.717) is 41.0 Å². The van der Waals surface area contributed by atoms with Gasteiger partial charge < -0.3 is 34.9 Å². The average molecular weight is 650 g/mol. The predicted molar refractivity (Wildman–Crippen MR) is 185 cm³/mol. The van der Waals surface area contributed by atoms with Crippen LogP contribution in [0.2, 0.25) is 0 Å². The van der Waals surface area contributed by atoms with Gasteiger partial charge in [0.1, 0.15) is 17.3 Å². The van der Waals surface area contributed by atoms with Gasteiger partial charge >= 0.3 is 11.9 Å². The Morgan fingerprint density at radius 1 is 0.771 bits per heavy atom. The number of hydrogen-bond acceptors (Lipinski definition) is 10. The minimum absolute atomic E-state index is 0.000918. The van der Waals surface area contributed by atoms with E-state index in [9.17, 15) is 19.8 Å². The van der Waals surface area contributed by atoms with Crippen molar-refractivity contribution in [1.82, 2.24) is 14.5 Å². The lowest BCUT2D eigenvalue weighted by Gasteiger charge is -2.36. The Kier molecular flexibility index (Phi) is 9.49. The molecule has 0 aliphatic carbocycles. The maximum absolute atomic E-state index is 12.5. The number of ether oxygens (including phenoxy) is 2. The van der Waals surface area contributed by atoms with E-state index in [1.54, 1.807) is 50.2 Å². The summed E-state index contributed by atoms with van der Waals surface area (Å²) in [6.45, 7) is 8.84. The molecule has 0 atom stereocenters. The summed E-state index contributed by atoms with van der Waals surface area (Å²) in [4.78, 5) is 34.2. The summed E-state index contributed by atoms with van der Waals surface area (Å²) in [6.07, 6.45) is 0. The standard InChI is InChI=1S/C37H39N5O6/c1-3-47-36(45)26-9-13-32(30(38)21-26)41-18-15-40(16-19-41)17-20-42-33-14-10-27(37(46)48-4-2)22-31(33)39-35(42)25-7-5-24(6-8-25)29-12-11-28(43)23-34(29)44/h5-14,21-23,43-44H,3-4,15-20,38H2,1-2H3. The second-order valence-corrected chi connectivity index (χ2v) is 11.6. The van der Waals surface area contributed by atoms with E-state index in [4.69, 9.17) is 20.2 Å². The van der Waals surface area contributed by atoms with Crippen LogP contribution in [0.15, 0.2) is 78.9 Å². The number of hydrogen-bond donors (Lipinski definition) is 3. The summed E-state index contributed by atoms with van der Waals surface area (Å²) in [7, 11) is 0. The lowest BCUT2D eigenvalue weighted by Crippen LogP contribution is -2.47. The third kappa shape index (κ3) is 6.77. The zero-order valence-electron chi connectivity index (χ0n) is 27.1. The first-order valence-corrected chi connectivity index (χ1v) is 16.1. The summed E-state index contributed by atoms with van der Waals surface area (Å²) < 4.78 is 12.5. The molecule has 1 saturated heterocycles. The molecule has 248 valence electrons. The minimum atomic E-state index is -0.386. The van der Waals surface area contributed by atoms with Crippen LogP contribution in [0.25, 0.3) is 33.5 Å². The van der Waals surface area contributed by atoms with Crippen molar-refractivity contribution in [2.24, 2.45) is 0 Å². The average Bonchev–Trinajstić information content (AvgIpc) is 3.45. The summed E-state index contributed by atoms with van der Waals surface area (Å²) >= 11 is 0. The third-order valence-corrected chi connectivity index (χ3v) is 8.59. The van der Waals surface area contributed by atoms with Crippen LogP contribution >= 0.6 is 0 Å². The molecule has 11 heteroatoms. The molecule has 48 heavy (non-hydrogen) atoms. The molecule has 0 radical (unpaired) electrons. The number of nitrogen functional groups attached to an aromatic ring is 1. The van der Waals surface area contributed by atoms with Gasteiger partial charge in [0.2, 0.25) is 0 Å². The Bertz CT molecular complexity index is 1950. The van der Waals surface area contributed by atoms with Crippen LogP contribution in [-0.2, 0) is 16.0 Å². The van der Waals surface area contributed by atoms with Gasteiger partial charge in [-0.05, 0) is 67.9 Å². The van der Waals surface area contributed by atoms with E-state index < -0.39 is 0 Å². The molecule has 2 heterocycles. The van der Waals surface area contributed by atoms with Crippen molar-refractivity contribution in [2.75, 3.05) is 56.6 Å². The molecule has 1 fully saturated rings. The Balaban J connectivity index is 1.21. The van der Waals surface area contributed by atoms with Gasteiger partial charge in [-0.2, -0.15) is 0 Å². The molecule has 11 nitrogen and oxygen atoms in total. The molecule has 4 aromatic carbocycles. The number of aromatic hydroxyl groups is 2. The summed E-state index contributed by atoms with van der Waals surface area (Å²) in [6, 6.07) is 23.1. The van der Waals surface area contributed by atoms with Gasteiger partial charge in [-0.1, -0.05) is 24.3 Å². The number of nitrogens with zero attached hydrogens (tertiary/aromatic N) is 4. The van der Waals surface area contributed by atoms with Crippen molar-refractivity contribution in [3.63, 3.8) is 0 Å². The van der Waals surface area contributed by atoms with Crippen molar-refractivity contribution >= 4 is 34.3 Å². The quantitative estimate of drug-likeness (QED) is 0.130. The van der Waals surface area contributed by atoms with Crippen LogP contribution in [0.4, 0.5) is 11.4 Å². The number of phenolic OH excluding ortho intramolecular Hbond substituents is 2. The van der Waals surface area contributed by atoms with E-state index in [-0.39, 0.29) is 30.0 Å². The second-order valence-electron chi connectivity index (χ2n) is 11.6. The summed E-state index contributed by atoms with van der Waals surface area (Å²) in [5, 5.41) is 20.1. The highest BCUT2D eigenvalue weighted by atomic mass is 16.5. The smallest absolute Gasteiger partial charge is 0.338 e. The number of esters is 2.